The molecule has 0 bridgehead atoms. The number of benzene rings is 2. The molecule has 138 valence electrons. The van der Waals surface area contributed by atoms with Crippen LogP contribution in [0.15, 0.2) is 48.5 Å². The molecule has 2 aromatic rings. The minimum atomic E-state index is -0.832. The molecule has 2 fully saturated rings. The first-order valence-electron chi connectivity index (χ1n) is 9.81. The van der Waals surface area contributed by atoms with Gasteiger partial charge in [-0.1, -0.05) is 48.0 Å². The van der Waals surface area contributed by atoms with E-state index in [1.54, 1.807) is 0 Å². The molecule has 2 N–H and O–H groups in total. The Morgan fingerprint density at radius 2 is 1.88 bits per heavy atom. The van der Waals surface area contributed by atoms with Crippen LogP contribution in [-0.4, -0.2) is 18.2 Å². The fraction of sp³-hybridized carbons (Fsp3) is 0.478. The molecule has 2 nitrogen and oxygen atoms in total. The van der Waals surface area contributed by atoms with Crippen LogP contribution in [0.25, 0.3) is 0 Å². The summed E-state index contributed by atoms with van der Waals surface area (Å²) in [4.78, 5) is 0. The number of nitrogens with one attached hydrogen (secondary N) is 1. The lowest BCUT2D eigenvalue weighted by Gasteiger charge is -2.53. The Hall–Kier alpha value is -1.35. The zero-order chi connectivity index (χ0) is 18.1. The third-order valence-corrected chi connectivity index (χ3v) is 6.85. The lowest BCUT2D eigenvalue weighted by Crippen LogP contribution is -2.51. The predicted molar refractivity (Wildman–Crippen MR) is 107 cm³/mol. The van der Waals surface area contributed by atoms with E-state index in [2.05, 4.69) is 36.5 Å². The summed E-state index contributed by atoms with van der Waals surface area (Å²) in [7, 11) is 0. The molecular formula is C23H28ClNO. The second-order valence-electron chi connectivity index (χ2n) is 8.14. The molecule has 1 heterocycles. The van der Waals surface area contributed by atoms with Crippen LogP contribution in [0.2, 0.25) is 5.02 Å². The van der Waals surface area contributed by atoms with E-state index in [4.69, 9.17) is 11.6 Å². The molecule has 1 aliphatic carbocycles. The Bertz CT molecular complexity index is 762. The van der Waals surface area contributed by atoms with Crippen molar-refractivity contribution < 1.29 is 5.11 Å². The molecule has 4 atom stereocenters. The number of hydrogen-bond donors (Lipinski definition) is 2. The van der Waals surface area contributed by atoms with Crippen molar-refractivity contribution in [2.75, 3.05) is 13.1 Å². The summed E-state index contributed by atoms with van der Waals surface area (Å²) in [6.45, 7) is 4.26. The molecule has 4 rings (SSSR count). The highest BCUT2D eigenvalue weighted by Crippen LogP contribution is 2.55. The molecule has 3 heteroatoms. The smallest absolute Gasteiger partial charge is 0.0970 e. The summed E-state index contributed by atoms with van der Waals surface area (Å²) < 4.78 is 0. The van der Waals surface area contributed by atoms with Crippen LogP contribution < -0.4 is 5.32 Å². The van der Waals surface area contributed by atoms with Gasteiger partial charge >= 0.3 is 0 Å². The quantitative estimate of drug-likeness (QED) is 0.817. The summed E-state index contributed by atoms with van der Waals surface area (Å²) in [5, 5.41) is 16.4. The van der Waals surface area contributed by atoms with Crippen molar-refractivity contribution in [2.24, 2.45) is 17.8 Å². The zero-order valence-electron chi connectivity index (χ0n) is 15.4. The summed E-state index contributed by atoms with van der Waals surface area (Å²) in [5.41, 5.74) is 2.50. The normalized spacial score (nSPS) is 27.7. The van der Waals surface area contributed by atoms with Crippen LogP contribution in [-0.2, 0) is 12.0 Å². The van der Waals surface area contributed by atoms with E-state index in [0.29, 0.717) is 18.3 Å². The molecule has 1 aliphatic heterocycles. The second kappa shape index (κ2) is 7.34. The zero-order valence-corrected chi connectivity index (χ0v) is 16.2. The second-order valence-corrected chi connectivity index (χ2v) is 8.58. The average molecular weight is 370 g/mol. The summed E-state index contributed by atoms with van der Waals surface area (Å²) >= 11 is 6.20. The third-order valence-electron chi connectivity index (χ3n) is 6.61. The highest BCUT2D eigenvalue weighted by molar-refractivity contribution is 6.30. The van der Waals surface area contributed by atoms with E-state index in [0.717, 1.165) is 41.6 Å². The Morgan fingerprint density at radius 3 is 2.65 bits per heavy atom. The molecule has 4 unspecified atom stereocenters. The SMILES string of the molecule is Cc1cc(Cl)ccc1C(O)(Cc1ccccc1)C1CC2CCNCCC21. The molecule has 0 aromatic heterocycles. The summed E-state index contributed by atoms with van der Waals surface area (Å²) in [6, 6.07) is 16.4. The van der Waals surface area contributed by atoms with Crippen molar-refractivity contribution in [2.45, 2.75) is 38.2 Å². The van der Waals surface area contributed by atoms with E-state index in [1.807, 2.05) is 24.3 Å². The van der Waals surface area contributed by atoms with Gasteiger partial charge in [0.15, 0.2) is 0 Å². The van der Waals surface area contributed by atoms with Crippen molar-refractivity contribution in [1.29, 1.82) is 0 Å². The number of hydrogen-bond acceptors (Lipinski definition) is 2. The molecule has 1 saturated carbocycles. The highest BCUT2D eigenvalue weighted by Gasteiger charge is 2.52. The van der Waals surface area contributed by atoms with Crippen LogP contribution in [0.5, 0.6) is 0 Å². The fourth-order valence-electron chi connectivity index (χ4n) is 5.25. The van der Waals surface area contributed by atoms with Gasteiger partial charge < -0.3 is 10.4 Å². The van der Waals surface area contributed by atoms with Gasteiger partial charge in [0.25, 0.3) is 0 Å². The van der Waals surface area contributed by atoms with Crippen molar-refractivity contribution in [3.8, 4) is 0 Å². The standard InChI is InChI=1S/C23H28ClNO/c1-16-13-19(24)7-8-21(16)23(26,15-17-5-3-2-4-6-17)22-14-18-9-11-25-12-10-20(18)22/h2-8,13,18,20,22,25-26H,9-12,14-15H2,1H3. The number of aryl methyl sites for hydroxylation is 1. The van der Waals surface area contributed by atoms with Gasteiger partial charge in [0, 0.05) is 11.4 Å². The van der Waals surface area contributed by atoms with Crippen molar-refractivity contribution in [3.05, 3.63) is 70.2 Å². The summed E-state index contributed by atoms with van der Waals surface area (Å²) in [5.74, 6) is 1.67. The first-order chi connectivity index (χ1) is 12.6. The maximum Gasteiger partial charge on any atom is 0.0970 e. The van der Waals surface area contributed by atoms with Crippen LogP contribution in [0.4, 0.5) is 0 Å². The molecule has 2 aliphatic rings. The Balaban J connectivity index is 1.71. The fourth-order valence-corrected chi connectivity index (χ4v) is 5.48. The van der Waals surface area contributed by atoms with E-state index in [9.17, 15) is 5.11 Å². The molecular weight excluding hydrogens is 342 g/mol. The molecule has 26 heavy (non-hydrogen) atoms. The Kier molecular flexibility index (Phi) is 5.09. The maximum atomic E-state index is 12.1. The minimum absolute atomic E-state index is 0.312. The third kappa shape index (κ3) is 3.31. The van der Waals surface area contributed by atoms with Crippen molar-refractivity contribution in [1.82, 2.24) is 5.32 Å². The minimum Gasteiger partial charge on any atom is -0.385 e. The number of halogens is 1. The Labute approximate surface area is 161 Å². The molecule has 0 amide bonds. The first kappa shape index (κ1) is 18.0. The van der Waals surface area contributed by atoms with E-state index in [-0.39, 0.29) is 0 Å². The lowest BCUT2D eigenvalue weighted by atomic mass is 9.54. The van der Waals surface area contributed by atoms with Crippen molar-refractivity contribution in [3.63, 3.8) is 0 Å². The average Bonchev–Trinajstić information content (AvgIpc) is 2.77. The van der Waals surface area contributed by atoms with E-state index in [1.165, 1.54) is 18.4 Å². The van der Waals surface area contributed by atoms with Crippen LogP contribution in [0.1, 0.15) is 36.0 Å². The lowest BCUT2D eigenvalue weighted by molar-refractivity contribution is -0.120. The van der Waals surface area contributed by atoms with Gasteiger partial charge in [-0.05, 0) is 85.9 Å². The molecule has 1 saturated heterocycles. The topological polar surface area (TPSA) is 32.3 Å². The largest absolute Gasteiger partial charge is 0.385 e. The van der Waals surface area contributed by atoms with Gasteiger partial charge in [-0.2, -0.15) is 0 Å². The molecule has 0 spiro atoms. The summed E-state index contributed by atoms with van der Waals surface area (Å²) in [6.07, 6.45) is 4.19. The number of fused-ring (bicyclic) bond motifs is 1. The van der Waals surface area contributed by atoms with Crippen molar-refractivity contribution >= 4 is 11.6 Å². The van der Waals surface area contributed by atoms with Gasteiger partial charge in [0.2, 0.25) is 0 Å². The Morgan fingerprint density at radius 1 is 1.12 bits per heavy atom. The van der Waals surface area contributed by atoms with Gasteiger partial charge in [-0.25, -0.2) is 0 Å². The number of rotatable bonds is 4. The van der Waals surface area contributed by atoms with Gasteiger partial charge in [-0.3, -0.25) is 0 Å². The molecule has 2 aromatic carbocycles. The first-order valence-corrected chi connectivity index (χ1v) is 10.2. The van der Waals surface area contributed by atoms with E-state index < -0.39 is 5.60 Å². The molecule has 0 radical (unpaired) electrons. The van der Waals surface area contributed by atoms with Gasteiger partial charge in [0.05, 0.1) is 5.60 Å². The highest BCUT2D eigenvalue weighted by atomic mass is 35.5. The number of aliphatic hydroxyl groups is 1. The van der Waals surface area contributed by atoms with Crippen LogP contribution in [0.3, 0.4) is 0 Å². The van der Waals surface area contributed by atoms with Gasteiger partial charge in [0.1, 0.15) is 0 Å². The monoisotopic (exact) mass is 369 g/mol. The van der Waals surface area contributed by atoms with Crippen LogP contribution in [0, 0.1) is 24.7 Å². The van der Waals surface area contributed by atoms with Crippen LogP contribution >= 0.6 is 11.6 Å². The maximum absolute atomic E-state index is 12.1. The van der Waals surface area contributed by atoms with E-state index >= 15 is 0 Å². The van der Waals surface area contributed by atoms with Gasteiger partial charge in [-0.15, -0.1) is 0 Å². The predicted octanol–water partition coefficient (Wildman–Crippen LogP) is 4.71.